The van der Waals surface area contributed by atoms with E-state index in [1.54, 1.807) is 0 Å². The van der Waals surface area contributed by atoms with Crippen molar-refractivity contribution in [3.63, 3.8) is 0 Å². The summed E-state index contributed by atoms with van der Waals surface area (Å²) in [6.07, 6.45) is 6.58. The second kappa shape index (κ2) is 14.8. The van der Waals surface area contributed by atoms with Crippen LogP contribution in [0.15, 0.2) is 225 Å². The fourth-order valence-corrected chi connectivity index (χ4v) is 9.99. The molecule has 2 nitrogen and oxygen atoms in total. The van der Waals surface area contributed by atoms with Crippen LogP contribution in [0.25, 0.3) is 76.9 Å². The SMILES string of the molecule is C=C(/C=C\C(=C/C)c1ccc(-c2ccc3c4ccccc4n(-c4ccccc4)c3c2)cc1)N(c1ccc2c(c1)C(C)(C)c1ccccc1-2)c1cc2ccccc2c2ccccc12. The predicted octanol–water partition coefficient (Wildman–Crippen LogP) is 16.4. The number of hydrogen-bond acceptors (Lipinski definition) is 1. The van der Waals surface area contributed by atoms with E-state index in [-0.39, 0.29) is 5.41 Å². The number of fused-ring (bicyclic) bond motifs is 9. The molecule has 0 saturated heterocycles. The van der Waals surface area contributed by atoms with Gasteiger partial charge < -0.3 is 9.47 Å². The number of hydrogen-bond donors (Lipinski definition) is 0. The van der Waals surface area contributed by atoms with Crippen molar-refractivity contribution in [2.45, 2.75) is 26.2 Å². The first-order valence-electron chi connectivity index (χ1n) is 21.6. The number of anilines is 2. The van der Waals surface area contributed by atoms with Gasteiger partial charge in [-0.1, -0.05) is 184 Å². The Morgan fingerprint density at radius 3 is 1.97 bits per heavy atom. The van der Waals surface area contributed by atoms with Crippen LogP contribution in [0.1, 0.15) is 37.5 Å². The molecule has 1 aromatic heterocycles. The molecule has 0 spiro atoms. The summed E-state index contributed by atoms with van der Waals surface area (Å²) in [5, 5.41) is 7.38. The van der Waals surface area contributed by atoms with Crippen LogP contribution in [0.2, 0.25) is 0 Å². The minimum atomic E-state index is -0.132. The zero-order chi connectivity index (χ0) is 42.0. The lowest BCUT2D eigenvalue weighted by atomic mass is 9.82. The molecule has 1 heterocycles. The summed E-state index contributed by atoms with van der Waals surface area (Å²) in [6.45, 7) is 11.6. The summed E-state index contributed by atoms with van der Waals surface area (Å²) >= 11 is 0. The van der Waals surface area contributed by atoms with Crippen molar-refractivity contribution >= 4 is 60.3 Å². The Balaban J connectivity index is 0.964. The molecule has 11 rings (SSSR count). The number of benzene rings is 9. The van der Waals surface area contributed by atoms with Crippen molar-refractivity contribution < 1.29 is 0 Å². The Hall–Kier alpha value is -7.68. The third-order valence-corrected chi connectivity index (χ3v) is 13.1. The van der Waals surface area contributed by atoms with Gasteiger partial charge in [-0.15, -0.1) is 0 Å². The van der Waals surface area contributed by atoms with Gasteiger partial charge in [0.15, 0.2) is 0 Å². The molecule has 0 amide bonds. The van der Waals surface area contributed by atoms with Crippen LogP contribution in [-0.4, -0.2) is 4.57 Å². The lowest BCUT2D eigenvalue weighted by Crippen LogP contribution is -2.18. The summed E-state index contributed by atoms with van der Waals surface area (Å²) in [4.78, 5) is 2.35. The van der Waals surface area contributed by atoms with Gasteiger partial charge in [0.2, 0.25) is 0 Å². The average molecular weight is 795 g/mol. The first kappa shape index (κ1) is 37.3. The number of para-hydroxylation sites is 2. The molecule has 0 unspecified atom stereocenters. The molecule has 2 heteroatoms. The predicted molar refractivity (Wildman–Crippen MR) is 266 cm³/mol. The molecule has 296 valence electrons. The van der Waals surface area contributed by atoms with Gasteiger partial charge in [-0.2, -0.15) is 0 Å². The number of nitrogens with zero attached hydrogens (tertiary/aromatic N) is 2. The monoisotopic (exact) mass is 794 g/mol. The second-order valence-electron chi connectivity index (χ2n) is 17.0. The minimum Gasteiger partial charge on any atom is -0.310 e. The molecule has 0 saturated carbocycles. The van der Waals surface area contributed by atoms with E-state index in [2.05, 4.69) is 243 Å². The molecule has 0 radical (unpaired) electrons. The average Bonchev–Trinajstić information content (AvgIpc) is 3.77. The van der Waals surface area contributed by atoms with Crippen LogP contribution >= 0.6 is 0 Å². The van der Waals surface area contributed by atoms with Crippen LogP contribution in [-0.2, 0) is 5.41 Å². The standard InChI is InChI=1S/C60H46N2/c1-5-41(42-29-31-43(32-30-42)44-33-35-54-53-24-14-16-26-57(53)62(59(54)37-44)46-18-7-6-8-19-46)28-27-40(2)61(58-38-45-17-9-10-20-48(45)49-21-11-12-23-52(49)58)47-34-36-51-50-22-13-15-25-55(50)60(3,4)56(51)39-47/h5-39H,2H2,1,3-4H3/b28-27-,41-5+. The molecule has 62 heavy (non-hydrogen) atoms. The Labute approximate surface area is 363 Å². The van der Waals surface area contributed by atoms with E-state index in [0.29, 0.717) is 0 Å². The third-order valence-electron chi connectivity index (χ3n) is 13.1. The largest absolute Gasteiger partial charge is 0.310 e. The van der Waals surface area contributed by atoms with E-state index in [4.69, 9.17) is 6.58 Å². The maximum Gasteiger partial charge on any atom is 0.0547 e. The fourth-order valence-electron chi connectivity index (χ4n) is 9.99. The summed E-state index contributed by atoms with van der Waals surface area (Å²) < 4.78 is 2.38. The molecule has 1 aliphatic carbocycles. The second-order valence-corrected chi connectivity index (χ2v) is 17.0. The first-order valence-corrected chi connectivity index (χ1v) is 21.6. The van der Waals surface area contributed by atoms with Crippen molar-refractivity contribution in [3.8, 4) is 27.9 Å². The van der Waals surface area contributed by atoms with Crippen molar-refractivity contribution in [3.05, 3.63) is 241 Å². The van der Waals surface area contributed by atoms with E-state index in [9.17, 15) is 0 Å². The highest BCUT2D eigenvalue weighted by Crippen LogP contribution is 2.51. The molecule has 10 aromatic rings. The van der Waals surface area contributed by atoms with Gasteiger partial charge in [0.25, 0.3) is 0 Å². The van der Waals surface area contributed by atoms with Gasteiger partial charge in [-0.25, -0.2) is 0 Å². The van der Waals surface area contributed by atoms with E-state index in [0.717, 1.165) is 33.9 Å². The first-order chi connectivity index (χ1) is 30.4. The van der Waals surface area contributed by atoms with Crippen molar-refractivity contribution in [2.24, 2.45) is 0 Å². The molecule has 0 atom stereocenters. The van der Waals surface area contributed by atoms with Crippen LogP contribution in [0.4, 0.5) is 11.4 Å². The minimum absolute atomic E-state index is 0.132. The van der Waals surface area contributed by atoms with Crippen molar-refractivity contribution in [1.29, 1.82) is 0 Å². The Morgan fingerprint density at radius 2 is 1.16 bits per heavy atom. The Bertz CT molecular complexity index is 3450. The molecule has 0 aliphatic heterocycles. The number of rotatable bonds is 8. The maximum atomic E-state index is 4.80. The Kier molecular flexibility index (Phi) is 8.91. The summed E-state index contributed by atoms with van der Waals surface area (Å²) in [6, 6.07) is 70.8. The topological polar surface area (TPSA) is 8.17 Å². The lowest BCUT2D eigenvalue weighted by Gasteiger charge is -2.29. The number of allylic oxidation sites excluding steroid dienone is 4. The molecule has 1 aliphatic rings. The highest BCUT2D eigenvalue weighted by atomic mass is 15.1. The smallest absolute Gasteiger partial charge is 0.0547 e. The summed E-state index contributed by atoms with van der Waals surface area (Å²) in [5.41, 5.74) is 16.5. The fraction of sp³-hybridized carbons (Fsp3) is 0.0667. The van der Waals surface area contributed by atoms with Gasteiger partial charge in [0.05, 0.1) is 16.7 Å². The van der Waals surface area contributed by atoms with E-state index in [1.807, 2.05) is 0 Å². The molecular weight excluding hydrogens is 749 g/mol. The zero-order valence-corrected chi connectivity index (χ0v) is 35.3. The van der Waals surface area contributed by atoms with Crippen LogP contribution in [0, 0.1) is 0 Å². The van der Waals surface area contributed by atoms with Crippen LogP contribution in [0.3, 0.4) is 0 Å². The summed E-state index contributed by atoms with van der Waals surface area (Å²) in [7, 11) is 0. The molecule has 0 N–H and O–H groups in total. The van der Waals surface area contributed by atoms with Gasteiger partial charge in [0.1, 0.15) is 0 Å². The third kappa shape index (κ3) is 6.02. The molecular formula is C60H46N2. The summed E-state index contributed by atoms with van der Waals surface area (Å²) in [5.74, 6) is 0. The zero-order valence-electron chi connectivity index (χ0n) is 35.3. The maximum absolute atomic E-state index is 4.80. The van der Waals surface area contributed by atoms with Crippen molar-refractivity contribution in [2.75, 3.05) is 4.90 Å². The highest BCUT2D eigenvalue weighted by Gasteiger charge is 2.36. The quantitative estimate of drug-likeness (QED) is 0.110. The Morgan fingerprint density at radius 1 is 0.516 bits per heavy atom. The lowest BCUT2D eigenvalue weighted by molar-refractivity contribution is 0.660. The number of aromatic nitrogens is 1. The normalized spacial score (nSPS) is 13.3. The van der Waals surface area contributed by atoms with Crippen LogP contribution < -0.4 is 4.90 Å². The van der Waals surface area contributed by atoms with Gasteiger partial charge in [-0.05, 0) is 116 Å². The van der Waals surface area contributed by atoms with E-state index < -0.39 is 0 Å². The van der Waals surface area contributed by atoms with Gasteiger partial charge in [-0.3, -0.25) is 0 Å². The molecule has 0 bridgehead atoms. The molecule has 0 fully saturated rings. The van der Waals surface area contributed by atoms with Gasteiger partial charge in [0, 0.05) is 38.6 Å². The van der Waals surface area contributed by atoms with E-state index in [1.165, 1.54) is 76.7 Å². The van der Waals surface area contributed by atoms with Crippen molar-refractivity contribution in [1.82, 2.24) is 4.57 Å². The van der Waals surface area contributed by atoms with E-state index >= 15 is 0 Å². The highest BCUT2D eigenvalue weighted by molar-refractivity contribution is 6.14. The molecule has 9 aromatic carbocycles. The van der Waals surface area contributed by atoms with Crippen LogP contribution in [0.5, 0.6) is 0 Å². The van der Waals surface area contributed by atoms with Gasteiger partial charge >= 0.3 is 0 Å².